The molecule has 4 nitrogen and oxygen atoms in total. The first-order valence-electron chi connectivity index (χ1n) is 28.9. The molecule has 0 radical (unpaired) electrons. The van der Waals surface area contributed by atoms with Crippen LogP contribution in [0.15, 0.2) is 291 Å². The number of hydrogen-bond acceptors (Lipinski definition) is 4. The second kappa shape index (κ2) is 17.8. The van der Waals surface area contributed by atoms with Crippen molar-refractivity contribution in [1.82, 2.24) is 19.9 Å². The number of nitrogens with zero attached hydrogens (tertiary/aromatic N) is 4. The number of para-hydroxylation sites is 2. The Morgan fingerprint density at radius 2 is 0.476 bits per heavy atom. The summed E-state index contributed by atoms with van der Waals surface area (Å²) in [5.74, 6) is 0. The molecular weight excluding hydrogens is 1020 g/mol. The smallest absolute Gasteiger partial charge is 0.0973 e. The Balaban J connectivity index is 0.829. The largest absolute Gasteiger partial charge is 0.256 e. The Morgan fingerprint density at radius 1 is 0.202 bits per heavy atom. The van der Waals surface area contributed by atoms with Crippen LogP contribution in [0.2, 0.25) is 0 Å². The average Bonchev–Trinajstić information content (AvgIpc) is 2.49. The summed E-state index contributed by atoms with van der Waals surface area (Å²) in [6, 6.07) is 103. The summed E-state index contributed by atoms with van der Waals surface area (Å²) in [5.41, 5.74) is 33.3. The fourth-order valence-corrected chi connectivity index (χ4v) is 15.1. The van der Waals surface area contributed by atoms with Crippen LogP contribution in [-0.4, -0.2) is 19.9 Å². The topological polar surface area (TPSA) is 51.6 Å². The average molecular weight is 1070 g/mol. The highest BCUT2D eigenvalue weighted by molar-refractivity contribution is 6.00. The lowest BCUT2D eigenvalue weighted by Gasteiger charge is -2.31. The molecule has 0 unspecified atom stereocenters. The SMILES string of the molecule is c1ccc(-c2ccc(-c3ccc4c(c3)C3(c5ccccc5-c5ccccc53)c3cc(-c5nc6ccccc6nc5-c5ccc6c(c5)C5(c7ccccc7-c7ccccc75)c5cc(-c7ccc(-c8ccccn8)cc7)ccc5-6)ccc3-4)cc2)nc1. The molecule has 0 saturated carbocycles. The molecule has 0 amide bonds. The van der Waals surface area contributed by atoms with Crippen molar-refractivity contribution < 1.29 is 0 Å². The maximum Gasteiger partial charge on any atom is 0.0973 e. The Morgan fingerprint density at radius 3 is 0.821 bits per heavy atom. The van der Waals surface area contributed by atoms with Crippen LogP contribution in [0.25, 0.3) is 123 Å². The molecule has 84 heavy (non-hydrogen) atoms. The minimum absolute atomic E-state index is 0.600. The second-order valence-corrected chi connectivity index (χ2v) is 22.7. The van der Waals surface area contributed by atoms with Crippen molar-refractivity contribution in [2.24, 2.45) is 0 Å². The van der Waals surface area contributed by atoms with Crippen LogP contribution in [0.4, 0.5) is 0 Å². The van der Waals surface area contributed by atoms with Gasteiger partial charge in [0, 0.05) is 34.6 Å². The summed E-state index contributed by atoms with van der Waals surface area (Å²) in [4.78, 5) is 20.6. The van der Waals surface area contributed by atoms with Gasteiger partial charge in [0.25, 0.3) is 0 Å². The molecule has 388 valence electrons. The Bertz CT molecular complexity index is 4650. The monoisotopic (exact) mass is 1060 g/mol. The van der Waals surface area contributed by atoms with Gasteiger partial charge in [0.2, 0.25) is 0 Å². The third-order valence-corrected chi connectivity index (χ3v) is 18.7. The first kappa shape index (κ1) is 46.8. The maximum absolute atomic E-state index is 5.68. The van der Waals surface area contributed by atoms with Crippen LogP contribution >= 0.6 is 0 Å². The van der Waals surface area contributed by atoms with Crippen molar-refractivity contribution in [3.8, 4) is 112 Å². The zero-order valence-electron chi connectivity index (χ0n) is 45.5. The lowest BCUT2D eigenvalue weighted by molar-refractivity contribution is 0.794. The van der Waals surface area contributed by atoms with Crippen LogP contribution < -0.4 is 0 Å². The van der Waals surface area contributed by atoms with Crippen molar-refractivity contribution in [1.29, 1.82) is 0 Å². The molecule has 3 heterocycles. The van der Waals surface area contributed by atoms with Gasteiger partial charge in [-0.2, -0.15) is 0 Å². The summed E-state index contributed by atoms with van der Waals surface area (Å²) >= 11 is 0. The van der Waals surface area contributed by atoms with Gasteiger partial charge in [0.15, 0.2) is 0 Å². The van der Waals surface area contributed by atoms with Crippen molar-refractivity contribution in [3.63, 3.8) is 0 Å². The molecule has 14 aromatic rings. The van der Waals surface area contributed by atoms with E-state index >= 15 is 0 Å². The molecule has 3 aromatic heterocycles. The molecule has 18 rings (SSSR count). The third-order valence-electron chi connectivity index (χ3n) is 18.7. The van der Waals surface area contributed by atoms with Crippen molar-refractivity contribution in [2.45, 2.75) is 10.8 Å². The van der Waals surface area contributed by atoms with Crippen LogP contribution in [0, 0.1) is 0 Å². The van der Waals surface area contributed by atoms with Crippen molar-refractivity contribution in [3.05, 3.63) is 336 Å². The highest BCUT2D eigenvalue weighted by Crippen LogP contribution is 2.65. The molecule has 0 saturated heterocycles. The molecule has 4 heteroatoms. The van der Waals surface area contributed by atoms with E-state index in [1.165, 1.54) is 100 Å². The van der Waals surface area contributed by atoms with Gasteiger partial charge in [0.1, 0.15) is 0 Å². The van der Waals surface area contributed by atoms with E-state index in [-0.39, 0.29) is 0 Å². The summed E-state index contributed by atoms with van der Waals surface area (Å²) in [6.07, 6.45) is 3.71. The quantitative estimate of drug-likeness (QED) is 0.167. The van der Waals surface area contributed by atoms with E-state index in [0.29, 0.717) is 0 Å². The van der Waals surface area contributed by atoms with E-state index in [9.17, 15) is 0 Å². The molecule has 0 atom stereocenters. The van der Waals surface area contributed by atoms with Gasteiger partial charge in [-0.15, -0.1) is 0 Å². The second-order valence-electron chi connectivity index (χ2n) is 22.7. The number of benzene rings is 11. The number of hydrogen-bond donors (Lipinski definition) is 0. The number of fused-ring (bicyclic) bond motifs is 21. The zero-order chi connectivity index (χ0) is 55.1. The minimum Gasteiger partial charge on any atom is -0.256 e. The lowest BCUT2D eigenvalue weighted by Crippen LogP contribution is -2.26. The van der Waals surface area contributed by atoms with E-state index < -0.39 is 10.8 Å². The highest BCUT2D eigenvalue weighted by atomic mass is 14.8. The van der Waals surface area contributed by atoms with E-state index in [4.69, 9.17) is 9.97 Å². The van der Waals surface area contributed by atoms with Gasteiger partial charge >= 0.3 is 0 Å². The van der Waals surface area contributed by atoms with Gasteiger partial charge in [-0.05, 0) is 172 Å². The summed E-state index contributed by atoms with van der Waals surface area (Å²) < 4.78 is 0. The number of rotatable bonds is 6. The van der Waals surface area contributed by atoms with Gasteiger partial charge in [0.05, 0.1) is 44.6 Å². The molecule has 4 aliphatic rings. The third kappa shape index (κ3) is 6.48. The lowest BCUT2D eigenvalue weighted by atomic mass is 9.69. The van der Waals surface area contributed by atoms with Gasteiger partial charge in [-0.25, -0.2) is 9.97 Å². The molecule has 4 aliphatic carbocycles. The van der Waals surface area contributed by atoms with Crippen LogP contribution in [-0.2, 0) is 10.8 Å². The summed E-state index contributed by atoms with van der Waals surface area (Å²) in [6.45, 7) is 0. The fourth-order valence-electron chi connectivity index (χ4n) is 15.1. The molecular formula is C80H48N4. The fraction of sp³-hybridized carbons (Fsp3) is 0.0250. The van der Waals surface area contributed by atoms with Crippen molar-refractivity contribution >= 4 is 11.0 Å². The standard InChI is InChI=1S/C80H48N4/c1-5-19-65-57(15-1)58-16-2-6-20-66(58)79(65)69-45-53(49-27-31-51(32-28-49)73-23-11-13-43-81-73)35-39-61(69)63-41-37-55(47-71(63)79)77-78(84-76-26-10-9-25-75(76)83-77)56-38-42-64-62-40-36-54(50-29-33-52(34-30-50)74-24-12-14-44-82-74)46-70(62)80(72(64)48-56)67-21-7-3-17-59(67)60-18-4-8-22-68(60)80/h1-48H. The Kier molecular flexibility index (Phi) is 9.90. The summed E-state index contributed by atoms with van der Waals surface area (Å²) in [7, 11) is 0. The first-order chi connectivity index (χ1) is 41.6. The molecule has 0 N–H and O–H groups in total. The van der Waals surface area contributed by atoms with Crippen molar-refractivity contribution in [2.75, 3.05) is 0 Å². The predicted octanol–water partition coefficient (Wildman–Crippen LogP) is 19.1. The highest BCUT2D eigenvalue weighted by Gasteiger charge is 2.53. The molecule has 0 aliphatic heterocycles. The number of aromatic nitrogens is 4. The van der Waals surface area contributed by atoms with Crippen LogP contribution in [0.5, 0.6) is 0 Å². The molecule has 11 aromatic carbocycles. The molecule has 2 spiro atoms. The Hall–Kier alpha value is -10.9. The maximum atomic E-state index is 5.68. The van der Waals surface area contributed by atoms with Crippen LogP contribution in [0.3, 0.4) is 0 Å². The Labute approximate surface area is 486 Å². The minimum atomic E-state index is -0.600. The van der Waals surface area contributed by atoms with Crippen LogP contribution in [0.1, 0.15) is 44.5 Å². The summed E-state index contributed by atoms with van der Waals surface area (Å²) in [5, 5.41) is 0. The predicted molar refractivity (Wildman–Crippen MR) is 340 cm³/mol. The zero-order valence-corrected chi connectivity index (χ0v) is 45.5. The van der Waals surface area contributed by atoms with Gasteiger partial charge in [-0.3, -0.25) is 9.97 Å². The van der Waals surface area contributed by atoms with E-state index in [2.05, 4.69) is 265 Å². The van der Waals surface area contributed by atoms with Gasteiger partial charge < -0.3 is 0 Å². The van der Waals surface area contributed by atoms with E-state index in [0.717, 1.165) is 67.2 Å². The van der Waals surface area contributed by atoms with Gasteiger partial charge in [-0.1, -0.05) is 218 Å². The number of pyridine rings is 2. The first-order valence-corrected chi connectivity index (χ1v) is 28.9. The molecule has 0 fully saturated rings. The van der Waals surface area contributed by atoms with E-state index in [1.807, 2.05) is 36.7 Å². The molecule has 0 bridgehead atoms. The normalized spacial score (nSPS) is 13.7. The van der Waals surface area contributed by atoms with E-state index in [1.54, 1.807) is 0 Å².